The second kappa shape index (κ2) is 13.1. The third-order valence-corrected chi connectivity index (χ3v) is 5.62. The fraction of sp³-hybridized carbons (Fsp3) is 0.115. The number of esters is 1. The molecular weight excluding hydrogens is 555 g/mol. The lowest BCUT2D eigenvalue weighted by atomic mass is 10.2. The van der Waals surface area contributed by atoms with Crippen molar-refractivity contribution < 1.29 is 19.1 Å². The van der Waals surface area contributed by atoms with Crippen LogP contribution in [0, 0.1) is 0 Å². The largest absolute Gasteiger partial charge is 0.479 e. The molecule has 0 aliphatic rings. The second-order valence-electron chi connectivity index (χ2n) is 7.17. The van der Waals surface area contributed by atoms with Gasteiger partial charge in [0.25, 0.3) is 5.91 Å². The van der Waals surface area contributed by atoms with Crippen molar-refractivity contribution in [2.24, 2.45) is 5.10 Å². The van der Waals surface area contributed by atoms with Crippen LogP contribution in [0.15, 0.2) is 82.4 Å². The average Bonchev–Trinajstić information content (AvgIpc) is 2.84. The van der Waals surface area contributed by atoms with Crippen molar-refractivity contribution in [2.45, 2.75) is 19.4 Å². The van der Waals surface area contributed by atoms with E-state index in [9.17, 15) is 9.59 Å². The molecule has 0 heterocycles. The lowest BCUT2D eigenvalue weighted by Crippen LogP contribution is -2.35. The van der Waals surface area contributed by atoms with E-state index in [0.717, 1.165) is 10.0 Å². The molecule has 3 aromatic carbocycles. The fourth-order valence-corrected chi connectivity index (χ4v) is 3.70. The molecule has 0 unspecified atom stereocenters. The van der Waals surface area contributed by atoms with Crippen molar-refractivity contribution in [3.8, 4) is 11.5 Å². The minimum absolute atomic E-state index is 0.283. The molecule has 1 N–H and O–H groups in total. The number of carbonyl (C=O) groups excluding carboxylic acids is 2. The zero-order valence-electron chi connectivity index (χ0n) is 18.6. The molecule has 6 nitrogen and oxygen atoms in total. The highest BCUT2D eigenvalue weighted by atomic mass is 79.9. The number of carbonyl (C=O) groups is 2. The van der Waals surface area contributed by atoms with E-state index >= 15 is 0 Å². The van der Waals surface area contributed by atoms with Gasteiger partial charge in [0.05, 0.1) is 11.2 Å². The number of rotatable bonds is 9. The van der Waals surface area contributed by atoms with Gasteiger partial charge in [0.1, 0.15) is 11.5 Å². The molecule has 0 aromatic heterocycles. The van der Waals surface area contributed by atoms with Gasteiger partial charge in [-0.25, -0.2) is 10.2 Å². The molecule has 0 radical (unpaired) electrons. The summed E-state index contributed by atoms with van der Waals surface area (Å²) in [6.07, 6.45) is 3.94. The maximum absolute atomic E-state index is 12.6. The topological polar surface area (TPSA) is 77.0 Å². The summed E-state index contributed by atoms with van der Waals surface area (Å²) >= 11 is 15.4. The lowest BCUT2D eigenvalue weighted by molar-refractivity contribution is -0.129. The SMILES string of the molecule is CC[C@@H](Oc1ccc(Cl)cc1Cl)C(=O)N/N=C\c1cc(Br)ccc1OC(=O)/C=C/c1ccccc1. The van der Waals surface area contributed by atoms with Gasteiger partial charge in [-0.1, -0.05) is 76.4 Å². The predicted octanol–water partition coefficient (Wildman–Crippen LogP) is 6.68. The maximum atomic E-state index is 12.6. The van der Waals surface area contributed by atoms with Crippen LogP contribution in [0.25, 0.3) is 6.08 Å². The van der Waals surface area contributed by atoms with Crippen molar-refractivity contribution in [1.82, 2.24) is 5.43 Å². The van der Waals surface area contributed by atoms with Gasteiger partial charge in [-0.3, -0.25) is 4.79 Å². The molecule has 0 fully saturated rings. The van der Waals surface area contributed by atoms with E-state index in [1.165, 1.54) is 18.4 Å². The van der Waals surface area contributed by atoms with E-state index in [2.05, 4.69) is 26.5 Å². The summed E-state index contributed by atoms with van der Waals surface area (Å²) in [4.78, 5) is 24.9. The van der Waals surface area contributed by atoms with Crippen LogP contribution in [0.3, 0.4) is 0 Å². The summed E-state index contributed by atoms with van der Waals surface area (Å²) in [6.45, 7) is 1.80. The van der Waals surface area contributed by atoms with Crippen molar-refractivity contribution in [2.75, 3.05) is 0 Å². The Balaban J connectivity index is 1.65. The highest BCUT2D eigenvalue weighted by Crippen LogP contribution is 2.28. The van der Waals surface area contributed by atoms with Gasteiger partial charge in [-0.05, 0) is 54.5 Å². The molecule has 35 heavy (non-hydrogen) atoms. The van der Waals surface area contributed by atoms with E-state index < -0.39 is 18.0 Å². The first-order valence-electron chi connectivity index (χ1n) is 10.5. The van der Waals surface area contributed by atoms with E-state index in [4.69, 9.17) is 32.7 Å². The van der Waals surface area contributed by atoms with Crippen LogP contribution in [0.5, 0.6) is 11.5 Å². The van der Waals surface area contributed by atoms with Crippen LogP contribution in [0.4, 0.5) is 0 Å². The van der Waals surface area contributed by atoms with Crippen LogP contribution in [-0.2, 0) is 9.59 Å². The number of halogens is 3. The number of hydrogen-bond donors (Lipinski definition) is 1. The van der Waals surface area contributed by atoms with Crippen molar-refractivity contribution in [1.29, 1.82) is 0 Å². The van der Waals surface area contributed by atoms with Gasteiger partial charge in [0.15, 0.2) is 6.10 Å². The van der Waals surface area contributed by atoms with E-state index in [-0.39, 0.29) is 5.75 Å². The number of ether oxygens (including phenoxy) is 2. The zero-order chi connectivity index (χ0) is 25.2. The van der Waals surface area contributed by atoms with Crippen LogP contribution in [-0.4, -0.2) is 24.2 Å². The Labute approximate surface area is 221 Å². The molecule has 9 heteroatoms. The molecule has 0 saturated carbocycles. The van der Waals surface area contributed by atoms with Crippen molar-refractivity contribution in [3.05, 3.63) is 98.5 Å². The summed E-state index contributed by atoms with van der Waals surface area (Å²) in [6, 6.07) is 19.2. The van der Waals surface area contributed by atoms with Gasteiger partial charge in [-0.15, -0.1) is 0 Å². The number of nitrogens with zero attached hydrogens (tertiary/aromatic N) is 1. The predicted molar refractivity (Wildman–Crippen MR) is 142 cm³/mol. The number of benzene rings is 3. The summed E-state index contributed by atoms with van der Waals surface area (Å²) < 4.78 is 11.9. The standard InChI is InChI=1S/C26H21BrCl2N2O4/c1-2-22(34-24-12-10-20(28)15-21(24)29)26(33)31-30-16-18-14-19(27)9-11-23(18)35-25(32)13-8-17-6-4-3-5-7-17/h3-16,22H,2H2,1H3,(H,31,33)/b13-8+,30-16-/t22-/m1/s1. The van der Waals surface area contributed by atoms with Crippen LogP contribution in [0.1, 0.15) is 24.5 Å². The minimum Gasteiger partial charge on any atom is -0.479 e. The Morgan fingerprint density at radius 1 is 1.06 bits per heavy atom. The second-order valence-corrected chi connectivity index (χ2v) is 8.93. The molecule has 0 saturated heterocycles. The number of hydrazone groups is 1. The van der Waals surface area contributed by atoms with Crippen LogP contribution >= 0.6 is 39.1 Å². The van der Waals surface area contributed by atoms with Gasteiger partial charge < -0.3 is 9.47 Å². The third-order valence-electron chi connectivity index (χ3n) is 4.60. The number of nitrogens with one attached hydrogen (secondary N) is 1. The Kier molecular flexibility index (Phi) is 9.90. The first kappa shape index (κ1) is 26.5. The van der Waals surface area contributed by atoms with Gasteiger partial charge in [0.2, 0.25) is 0 Å². The average molecular weight is 576 g/mol. The summed E-state index contributed by atoms with van der Waals surface area (Å²) in [5.74, 6) is -0.389. The molecule has 3 aromatic rings. The van der Waals surface area contributed by atoms with E-state index in [1.54, 1.807) is 43.3 Å². The fourth-order valence-electron chi connectivity index (χ4n) is 2.87. The third kappa shape index (κ3) is 8.24. The van der Waals surface area contributed by atoms with E-state index in [0.29, 0.717) is 27.8 Å². The molecule has 0 aliphatic carbocycles. The molecule has 0 aliphatic heterocycles. The highest BCUT2D eigenvalue weighted by Gasteiger charge is 2.19. The Morgan fingerprint density at radius 3 is 2.51 bits per heavy atom. The molecule has 3 rings (SSSR count). The van der Waals surface area contributed by atoms with Crippen LogP contribution in [0.2, 0.25) is 10.0 Å². The molecule has 0 bridgehead atoms. The molecule has 1 amide bonds. The molecular formula is C26H21BrCl2N2O4. The molecule has 180 valence electrons. The Bertz CT molecular complexity index is 1250. The van der Waals surface area contributed by atoms with Crippen molar-refractivity contribution >= 4 is 63.3 Å². The van der Waals surface area contributed by atoms with Gasteiger partial charge in [0, 0.05) is 21.1 Å². The lowest BCUT2D eigenvalue weighted by Gasteiger charge is -2.16. The summed E-state index contributed by atoms with van der Waals surface area (Å²) in [5.41, 5.74) is 3.80. The number of amides is 1. The highest BCUT2D eigenvalue weighted by molar-refractivity contribution is 9.10. The smallest absolute Gasteiger partial charge is 0.336 e. The van der Waals surface area contributed by atoms with Crippen molar-refractivity contribution in [3.63, 3.8) is 0 Å². The minimum atomic E-state index is -0.825. The zero-order valence-corrected chi connectivity index (χ0v) is 21.7. The molecule has 1 atom stereocenters. The number of hydrogen-bond acceptors (Lipinski definition) is 5. The molecule has 0 spiro atoms. The Morgan fingerprint density at radius 2 is 1.80 bits per heavy atom. The van der Waals surface area contributed by atoms with E-state index in [1.807, 2.05) is 30.3 Å². The first-order valence-corrected chi connectivity index (χ1v) is 12.1. The quantitative estimate of drug-likeness (QED) is 0.101. The first-order chi connectivity index (χ1) is 16.9. The monoisotopic (exact) mass is 574 g/mol. The summed E-state index contributed by atoms with van der Waals surface area (Å²) in [7, 11) is 0. The normalized spacial score (nSPS) is 12.0. The van der Waals surface area contributed by atoms with Crippen LogP contribution < -0.4 is 14.9 Å². The van der Waals surface area contributed by atoms with Gasteiger partial charge >= 0.3 is 5.97 Å². The van der Waals surface area contributed by atoms with Gasteiger partial charge in [-0.2, -0.15) is 5.10 Å². The Hall–Kier alpha value is -3.13. The maximum Gasteiger partial charge on any atom is 0.336 e. The summed E-state index contributed by atoms with van der Waals surface area (Å²) in [5, 5.41) is 4.77.